The Bertz CT molecular complexity index is 467. The van der Waals surface area contributed by atoms with E-state index >= 15 is 0 Å². The smallest absolute Gasteiger partial charge is 0.255 e. The molecular weight excluding hydrogens is 232 g/mol. The van der Waals surface area contributed by atoms with Crippen LogP contribution >= 0.6 is 0 Å². The second kappa shape index (κ2) is 7.19. The van der Waals surface area contributed by atoms with Crippen molar-refractivity contribution in [3.8, 4) is 5.75 Å². The Morgan fingerprint density at radius 1 is 1.50 bits per heavy atom. The molecule has 2 N–H and O–H groups in total. The highest BCUT2D eigenvalue weighted by Crippen LogP contribution is 2.17. The van der Waals surface area contributed by atoms with Crippen molar-refractivity contribution >= 4 is 5.91 Å². The van der Waals surface area contributed by atoms with E-state index < -0.39 is 0 Å². The Kier molecular flexibility index (Phi) is 5.54. The maximum atomic E-state index is 11.8. The highest BCUT2D eigenvalue weighted by molar-refractivity contribution is 5.96. The zero-order valence-electron chi connectivity index (χ0n) is 10.3. The summed E-state index contributed by atoms with van der Waals surface area (Å²) >= 11 is 0. The second-order valence-corrected chi connectivity index (χ2v) is 3.94. The van der Waals surface area contributed by atoms with Crippen LogP contribution in [0.2, 0.25) is 0 Å². The average molecular weight is 248 g/mol. The molecule has 0 aliphatic heterocycles. The summed E-state index contributed by atoms with van der Waals surface area (Å²) < 4.78 is 0. The molecule has 0 radical (unpaired) electrons. The minimum absolute atomic E-state index is 0.0211. The van der Waals surface area contributed by atoms with Crippen LogP contribution in [0.25, 0.3) is 10.4 Å². The molecule has 0 saturated heterocycles. The van der Waals surface area contributed by atoms with E-state index in [1.165, 1.54) is 6.07 Å². The van der Waals surface area contributed by atoms with Gasteiger partial charge < -0.3 is 10.4 Å². The van der Waals surface area contributed by atoms with Gasteiger partial charge in [0, 0.05) is 18.0 Å². The molecule has 0 unspecified atom stereocenters. The predicted molar refractivity (Wildman–Crippen MR) is 68.4 cm³/mol. The molecule has 6 heteroatoms. The van der Waals surface area contributed by atoms with Crippen molar-refractivity contribution in [2.75, 3.05) is 13.1 Å². The van der Waals surface area contributed by atoms with Crippen LogP contribution in [-0.2, 0) is 0 Å². The maximum absolute atomic E-state index is 11.8. The fourth-order valence-electron chi connectivity index (χ4n) is 1.48. The highest BCUT2D eigenvalue weighted by atomic mass is 16.3. The van der Waals surface area contributed by atoms with Gasteiger partial charge in [0.05, 0.1) is 5.56 Å². The van der Waals surface area contributed by atoms with Crippen molar-refractivity contribution in [3.05, 3.63) is 39.8 Å². The van der Waals surface area contributed by atoms with E-state index in [-0.39, 0.29) is 17.2 Å². The number of phenols is 1. The van der Waals surface area contributed by atoms with Gasteiger partial charge in [-0.3, -0.25) is 4.79 Å². The van der Waals surface area contributed by atoms with Gasteiger partial charge in [0.1, 0.15) is 5.75 Å². The molecule has 0 atom stereocenters. The molecule has 0 bridgehead atoms. The van der Waals surface area contributed by atoms with Crippen LogP contribution in [0, 0.1) is 6.92 Å². The summed E-state index contributed by atoms with van der Waals surface area (Å²) in [5.74, 6) is -0.313. The molecule has 0 saturated carbocycles. The first-order valence-electron chi connectivity index (χ1n) is 5.74. The number of nitrogens with one attached hydrogen (secondary N) is 1. The van der Waals surface area contributed by atoms with Crippen LogP contribution in [0.15, 0.2) is 23.3 Å². The number of aryl methyl sites for hydroxylation is 1. The number of hydrogen-bond acceptors (Lipinski definition) is 3. The Morgan fingerprint density at radius 3 is 3.00 bits per heavy atom. The number of carbonyl (C=O) groups excluding carboxylic acids is 1. The van der Waals surface area contributed by atoms with Gasteiger partial charge in [-0.25, -0.2) is 0 Å². The van der Waals surface area contributed by atoms with Gasteiger partial charge in [0.15, 0.2) is 0 Å². The Balaban J connectivity index is 2.41. The van der Waals surface area contributed by atoms with E-state index in [1.54, 1.807) is 12.1 Å². The standard InChI is InChI=1S/C12H16N4O2/c1-9-4-5-11(17)10(8-9)12(18)14-6-2-3-7-15-16-13/h4-5,8,17H,2-3,6-7H2,1H3,(H,14,18). The lowest BCUT2D eigenvalue weighted by molar-refractivity contribution is 0.0950. The lowest BCUT2D eigenvalue weighted by Crippen LogP contribution is -2.24. The summed E-state index contributed by atoms with van der Waals surface area (Å²) in [7, 11) is 0. The van der Waals surface area contributed by atoms with E-state index in [4.69, 9.17) is 5.53 Å². The number of phenolic OH excluding ortho intramolecular Hbond substituents is 1. The van der Waals surface area contributed by atoms with Gasteiger partial charge in [0.2, 0.25) is 0 Å². The minimum atomic E-state index is -0.292. The molecule has 0 fully saturated rings. The number of hydrogen-bond donors (Lipinski definition) is 2. The number of aromatic hydroxyl groups is 1. The molecule has 0 heterocycles. The molecule has 96 valence electrons. The Morgan fingerprint density at radius 2 is 2.28 bits per heavy atom. The molecule has 1 rings (SSSR count). The highest BCUT2D eigenvalue weighted by Gasteiger charge is 2.10. The van der Waals surface area contributed by atoms with E-state index in [0.29, 0.717) is 13.1 Å². The van der Waals surface area contributed by atoms with E-state index in [0.717, 1.165) is 18.4 Å². The number of amides is 1. The number of benzene rings is 1. The lowest BCUT2D eigenvalue weighted by atomic mass is 10.1. The average Bonchev–Trinajstić information content (AvgIpc) is 2.36. The number of azide groups is 1. The first-order chi connectivity index (χ1) is 8.65. The molecule has 0 aliphatic rings. The summed E-state index contributed by atoms with van der Waals surface area (Å²) in [5.41, 5.74) is 9.28. The van der Waals surface area contributed by atoms with Crippen molar-refractivity contribution in [3.63, 3.8) is 0 Å². The predicted octanol–water partition coefficient (Wildman–Crippen LogP) is 2.52. The molecule has 1 amide bonds. The van der Waals surface area contributed by atoms with Crippen molar-refractivity contribution in [2.24, 2.45) is 5.11 Å². The lowest BCUT2D eigenvalue weighted by Gasteiger charge is -2.07. The van der Waals surface area contributed by atoms with Gasteiger partial charge in [-0.2, -0.15) is 0 Å². The van der Waals surface area contributed by atoms with Gasteiger partial charge in [-0.05, 0) is 37.4 Å². The first-order valence-corrected chi connectivity index (χ1v) is 5.74. The van der Waals surface area contributed by atoms with Crippen LogP contribution in [0.3, 0.4) is 0 Å². The molecule has 1 aromatic rings. The van der Waals surface area contributed by atoms with E-state index in [2.05, 4.69) is 15.3 Å². The van der Waals surface area contributed by atoms with E-state index in [1.807, 2.05) is 6.92 Å². The fraction of sp³-hybridized carbons (Fsp3) is 0.417. The molecule has 0 spiro atoms. The Hall–Kier alpha value is -2.20. The van der Waals surface area contributed by atoms with Crippen molar-refractivity contribution < 1.29 is 9.90 Å². The van der Waals surface area contributed by atoms with Crippen molar-refractivity contribution in [2.45, 2.75) is 19.8 Å². The molecule has 18 heavy (non-hydrogen) atoms. The first kappa shape index (κ1) is 13.9. The van der Waals surface area contributed by atoms with Crippen LogP contribution in [0.5, 0.6) is 5.75 Å². The number of unbranched alkanes of at least 4 members (excludes halogenated alkanes) is 1. The van der Waals surface area contributed by atoms with Gasteiger partial charge >= 0.3 is 0 Å². The zero-order valence-corrected chi connectivity index (χ0v) is 10.3. The van der Waals surface area contributed by atoms with Crippen LogP contribution in [0.4, 0.5) is 0 Å². The summed E-state index contributed by atoms with van der Waals surface area (Å²) in [6, 6.07) is 4.89. The normalized spacial score (nSPS) is 9.61. The van der Waals surface area contributed by atoms with Crippen LogP contribution in [0.1, 0.15) is 28.8 Å². The molecule has 1 aromatic carbocycles. The summed E-state index contributed by atoms with van der Waals surface area (Å²) in [6.45, 7) is 2.78. The third-order valence-corrected chi connectivity index (χ3v) is 2.43. The summed E-state index contributed by atoms with van der Waals surface area (Å²) in [6.07, 6.45) is 1.46. The fourth-order valence-corrected chi connectivity index (χ4v) is 1.48. The van der Waals surface area contributed by atoms with Crippen molar-refractivity contribution in [1.29, 1.82) is 0 Å². The monoisotopic (exact) mass is 248 g/mol. The Labute approximate surface area is 105 Å². The quantitative estimate of drug-likeness (QED) is 0.350. The molecular formula is C12H16N4O2. The van der Waals surface area contributed by atoms with Crippen LogP contribution in [-0.4, -0.2) is 24.1 Å². The molecule has 6 nitrogen and oxygen atoms in total. The summed E-state index contributed by atoms with van der Waals surface area (Å²) in [4.78, 5) is 14.4. The second-order valence-electron chi connectivity index (χ2n) is 3.94. The largest absolute Gasteiger partial charge is 0.507 e. The minimum Gasteiger partial charge on any atom is -0.507 e. The summed E-state index contributed by atoms with van der Waals surface area (Å²) in [5, 5.41) is 15.7. The molecule has 0 aromatic heterocycles. The van der Waals surface area contributed by atoms with Gasteiger partial charge in [-0.15, -0.1) is 0 Å². The molecule has 0 aliphatic carbocycles. The zero-order chi connectivity index (χ0) is 13.4. The van der Waals surface area contributed by atoms with Gasteiger partial charge in [-0.1, -0.05) is 16.7 Å². The third-order valence-electron chi connectivity index (χ3n) is 2.43. The topological polar surface area (TPSA) is 98.1 Å². The third kappa shape index (κ3) is 4.35. The van der Waals surface area contributed by atoms with Crippen LogP contribution < -0.4 is 5.32 Å². The number of carbonyl (C=O) groups is 1. The van der Waals surface area contributed by atoms with Gasteiger partial charge in [0.25, 0.3) is 5.91 Å². The van der Waals surface area contributed by atoms with Crippen molar-refractivity contribution in [1.82, 2.24) is 5.32 Å². The van der Waals surface area contributed by atoms with E-state index in [9.17, 15) is 9.90 Å². The number of rotatable bonds is 6. The number of nitrogens with zero attached hydrogens (tertiary/aromatic N) is 3. The SMILES string of the molecule is Cc1ccc(O)c(C(=O)NCCCCN=[N+]=[N-])c1. The maximum Gasteiger partial charge on any atom is 0.255 e.